The van der Waals surface area contributed by atoms with Crippen LogP contribution in [-0.4, -0.2) is 49.2 Å². The first-order valence-corrected chi connectivity index (χ1v) is 9.88. The number of anilines is 2. The van der Waals surface area contributed by atoms with Crippen LogP contribution in [0.2, 0.25) is 5.02 Å². The molecule has 1 fully saturated rings. The molecule has 28 heavy (non-hydrogen) atoms. The second-order valence-electron chi connectivity index (χ2n) is 7.26. The predicted octanol–water partition coefficient (Wildman–Crippen LogP) is 4.53. The summed E-state index contributed by atoms with van der Waals surface area (Å²) in [5.41, 5.74) is 3.71. The number of ether oxygens (including phenoxy) is 1. The van der Waals surface area contributed by atoms with Gasteiger partial charge in [-0.05, 0) is 42.7 Å². The van der Waals surface area contributed by atoms with Crippen LogP contribution in [0.25, 0.3) is 0 Å². The Labute approximate surface area is 171 Å². The molecule has 150 valence electrons. The summed E-state index contributed by atoms with van der Waals surface area (Å²) in [6, 6.07) is 9.63. The van der Waals surface area contributed by atoms with Crippen LogP contribution < -0.4 is 15.0 Å². The average Bonchev–Trinajstić information content (AvgIpc) is 2.68. The number of nitrogens with one attached hydrogen (secondary N) is 1. The zero-order chi connectivity index (χ0) is 20.3. The van der Waals surface area contributed by atoms with Crippen molar-refractivity contribution < 1.29 is 9.53 Å². The fraction of sp³-hybridized carbons (Fsp3) is 0.429. The molecule has 0 atom stereocenters. The van der Waals surface area contributed by atoms with E-state index in [0.29, 0.717) is 30.6 Å². The number of rotatable bonds is 4. The lowest BCUT2D eigenvalue weighted by Gasteiger charge is -2.36. The number of pyridine rings is 1. The van der Waals surface area contributed by atoms with E-state index in [2.05, 4.69) is 29.0 Å². The normalized spacial score (nSPS) is 14.4. The first-order chi connectivity index (χ1) is 13.4. The van der Waals surface area contributed by atoms with E-state index in [1.807, 2.05) is 42.2 Å². The van der Waals surface area contributed by atoms with Crippen molar-refractivity contribution in [2.45, 2.75) is 26.7 Å². The number of nitrogens with zero attached hydrogens (tertiary/aromatic N) is 3. The van der Waals surface area contributed by atoms with Gasteiger partial charge in [-0.2, -0.15) is 0 Å². The van der Waals surface area contributed by atoms with Gasteiger partial charge in [0, 0.05) is 42.6 Å². The number of aromatic nitrogens is 1. The molecule has 0 spiro atoms. The van der Waals surface area contributed by atoms with Gasteiger partial charge in [-0.15, -0.1) is 0 Å². The Hall–Kier alpha value is -2.47. The Balaban J connectivity index is 1.67. The number of piperazine rings is 1. The van der Waals surface area contributed by atoms with E-state index in [1.54, 1.807) is 7.11 Å². The van der Waals surface area contributed by atoms with Crippen molar-refractivity contribution in [2.75, 3.05) is 43.5 Å². The van der Waals surface area contributed by atoms with Crippen molar-refractivity contribution >= 4 is 29.0 Å². The fourth-order valence-corrected chi connectivity index (χ4v) is 3.65. The first kappa shape index (κ1) is 20.3. The van der Waals surface area contributed by atoms with Crippen LogP contribution in [-0.2, 0) is 0 Å². The van der Waals surface area contributed by atoms with Crippen LogP contribution in [0.15, 0.2) is 30.3 Å². The van der Waals surface area contributed by atoms with Crippen molar-refractivity contribution in [3.05, 3.63) is 46.6 Å². The van der Waals surface area contributed by atoms with E-state index in [0.717, 1.165) is 35.1 Å². The highest BCUT2D eigenvalue weighted by Crippen LogP contribution is 2.29. The van der Waals surface area contributed by atoms with Crippen LogP contribution in [0.1, 0.15) is 31.0 Å². The van der Waals surface area contributed by atoms with Crippen molar-refractivity contribution in [1.29, 1.82) is 0 Å². The van der Waals surface area contributed by atoms with Crippen LogP contribution in [0.5, 0.6) is 5.88 Å². The van der Waals surface area contributed by atoms with Gasteiger partial charge in [-0.25, -0.2) is 9.78 Å². The standard InChI is InChI=1S/C21H27ClN4O2/c1-14(2)18-13-19(20(28-4)23-15(18)3)24-21(27)26-10-8-25(9-11-26)17-7-5-6-16(22)12-17/h5-7,12-14H,8-11H2,1-4H3,(H,24,27). The second-order valence-corrected chi connectivity index (χ2v) is 7.70. The summed E-state index contributed by atoms with van der Waals surface area (Å²) >= 11 is 6.09. The van der Waals surface area contributed by atoms with Crippen LogP contribution in [0.3, 0.4) is 0 Å². The number of urea groups is 1. The molecule has 1 aliphatic rings. The Morgan fingerprint density at radius 1 is 1.21 bits per heavy atom. The number of aryl methyl sites for hydroxylation is 1. The quantitative estimate of drug-likeness (QED) is 0.816. The van der Waals surface area contributed by atoms with Crippen LogP contribution >= 0.6 is 11.6 Å². The molecule has 3 rings (SSSR count). The van der Waals surface area contributed by atoms with E-state index in [9.17, 15) is 4.79 Å². The summed E-state index contributed by atoms with van der Waals surface area (Å²) in [6.45, 7) is 8.96. The van der Waals surface area contributed by atoms with Gasteiger partial charge in [0.15, 0.2) is 0 Å². The van der Waals surface area contributed by atoms with E-state index in [4.69, 9.17) is 16.3 Å². The van der Waals surface area contributed by atoms with Gasteiger partial charge in [-0.3, -0.25) is 0 Å². The molecule has 0 saturated carbocycles. The van der Waals surface area contributed by atoms with Gasteiger partial charge < -0.3 is 19.9 Å². The van der Waals surface area contributed by atoms with Gasteiger partial charge in [0.05, 0.1) is 7.11 Å². The van der Waals surface area contributed by atoms with E-state index in [1.165, 1.54) is 0 Å². The van der Waals surface area contributed by atoms with Gasteiger partial charge in [-0.1, -0.05) is 31.5 Å². The first-order valence-electron chi connectivity index (χ1n) is 9.51. The number of hydrogen-bond acceptors (Lipinski definition) is 4. The Morgan fingerprint density at radius 2 is 1.93 bits per heavy atom. The molecular formula is C21H27ClN4O2. The minimum absolute atomic E-state index is 0.135. The molecule has 0 unspecified atom stereocenters. The molecule has 1 aromatic heterocycles. The summed E-state index contributed by atoms with van der Waals surface area (Å²) in [5, 5.41) is 3.70. The largest absolute Gasteiger partial charge is 0.480 e. The van der Waals surface area contributed by atoms with Crippen LogP contribution in [0.4, 0.5) is 16.2 Å². The van der Waals surface area contributed by atoms with Crippen molar-refractivity contribution in [3.8, 4) is 5.88 Å². The number of hydrogen-bond donors (Lipinski definition) is 1. The predicted molar refractivity (Wildman–Crippen MR) is 114 cm³/mol. The molecule has 0 bridgehead atoms. The molecule has 2 heterocycles. The molecule has 7 heteroatoms. The highest BCUT2D eigenvalue weighted by molar-refractivity contribution is 6.30. The number of methoxy groups -OCH3 is 1. The molecular weight excluding hydrogens is 376 g/mol. The molecule has 1 saturated heterocycles. The Morgan fingerprint density at radius 3 is 2.54 bits per heavy atom. The lowest BCUT2D eigenvalue weighted by molar-refractivity contribution is 0.208. The minimum atomic E-state index is -0.135. The highest BCUT2D eigenvalue weighted by atomic mass is 35.5. The Bertz CT molecular complexity index is 848. The SMILES string of the molecule is COc1nc(C)c(C(C)C)cc1NC(=O)N1CCN(c2cccc(Cl)c2)CC1. The smallest absolute Gasteiger partial charge is 0.322 e. The zero-order valence-electron chi connectivity index (χ0n) is 16.8. The van der Waals surface area contributed by atoms with E-state index < -0.39 is 0 Å². The summed E-state index contributed by atoms with van der Waals surface area (Å²) in [5.74, 6) is 0.753. The Kier molecular flexibility index (Phi) is 6.29. The summed E-state index contributed by atoms with van der Waals surface area (Å²) in [7, 11) is 1.57. The van der Waals surface area contributed by atoms with Gasteiger partial charge in [0.1, 0.15) is 5.69 Å². The van der Waals surface area contributed by atoms with Crippen LogP contribution in [0, 0.1) is 6.92 Å². The molecule has 0 radical (unpaired) electrons. The van der Waals surface area contributed by atoms with Gasteiger partial charge >= 0.3 is 6.03 Å². The second kappa shape index (κ2) is 8.69. The lowest BCUT2D eigenvalue weighted by Crippen LogP contribution is -2.50. The maximum atomic E-state index is 12.8. The summed E-state index contributed by atoms with van der Waals surface area (Å²) in [6.07, 6.45) is 0. The monoisotopic (exact) mass is 402 g/mol. The van der Waals surface area contributed by atoms with Crippen molar-refractivity contribution in [1.82, 2.24) is 9.88 Å². The molecule has 0 aliphatic carbocycles. The molecule has 1 aromatic carbocycles. The van der Waals surface area contributed by atoms with Gasteiger partial charge in [0.2, 0.25) is 5.88 Å². The molecule has 1 N–H and O–H groups in total. The lowest BCUT2D eigenvalue weighted by atomic mass is 10.0. The zero-order valence-corrected chi connectivity index (χ0v) is 17.6. The van der Waals surface area contributed by atoms with Gasteiger partial charge in [0.25, 0.3) is 0 Å². The molecule has 6 nitrogen and oxygen atoms in total. The molecule has 2 aromatic rings. The van der Waals surface area contributed by atoms with E-state index in [-0.39, 0.29) is 6.03 Å². The molecule has 1 aliphatic heterocycles. The van der Waals surface area contributed by atoms with E-state index >= 15 is 0 Å². The molecule has 2 amide bonds. The number of amides is 2. The number of benzene rings is 1. The number of carbonyl (C=O) groups excluding carboxylic acids is 1. The maximum absolute atomic E-state index is 12.8. The highest BCUT2D eigenvalue weighted by Gasteiger charge is 2.23. The summed E-state index contributed by atoms with van der Waals surface area (Å²) in [4.78, 5) is 21.3. The fourth-order valence-electron chi connectivity index (χ4n) is 3.46. The summed E-state index contributed by atoms with van der Waals surface area (Å²) < 4.78 is 5.37. The average molecular weight is 403 g/mol. The number of carbonyl (C=O) groups is 1. The van der Waals surface area contributed by atoms with Crippen molar-refractivity contribution in [3.63, 3.8) is 0 Å². The van der Waals surface area contributed by atoms with Crippen molar-refractivity contribution in [2.24, 2.45) is 0 Å². The third kappa shape index (κ3) is 4.50. The third-order valence-electron chi connectivity index (χ3n) is 5.01. The number of halogens is 1. The maximum Gasteiger partial charge on any atom is 0.322 e. The topological polar surface area (TPSA) is 57.7 Å². The third-order valence-corrected chi connectivity index (χ3v) is 5.25. The minimum Gasteiger partial charge on any atom is -0.480 e.